The zero-order chi connectivity index (χ0) is 15.8. The quantitative estimate of drug-likeness (QED) is 0.654. The molecule has 3 heteroatoms. The highest BCUT2D eigenvalue weighted by Crippen LogP contribution is 2.34. The van der Waals surface area contributed by atoms with Crippen LogP contribution in [0.15, 0.2) is 18.2 Å². The molecule has 1 rings (SSSR count). The Morgan fingerprint density at radius 3 is 2.10 bits per heavy atom. The van der Waals surface area contributed by atoms with E-state index in [9.17, 15) is 4.79 Å². The van der Waals surface area contributed by atoms with E-state index in [0.717, 1.165) is 25.0 Å². The van der Waals surface area contributed by atoms with E-state index in [-0.39, 0.29) is 6.42 Å². The molecule has 1 N–H and O–H groups in total. The van der Waals surface area contributed by atoms with Crippen molar-refractivity contribution in [3.63, 3.8) is 0 Å². The fraction of sp³-hybridized carbons (Fsp3) is 0.611. The summed E-state index contributed by atoms with van der Waals surface area (Å²) in [6.07, 6.45) is 2.77. The summed E-state index contributed by atoms with van der Waals surface area (Å²) >= 11 is 0. The van der Waals surface area contributed by atoms with Gasteiger partial charge in [-0.3, -0.25) is 4.79 Å². The summed E-state index contributed by atoms with van der Waals surface area (Å²) in [7, 11) is 0. The molecular weight excluding hydrogens is 264 g/mol. The van der Waals surface area contributed by atoms with Gasteiger partial charge in [-0.05, 0) is 42.2 Å². The maximum atomic E-state index is 10.5. The largest absolute Gasteiger partial charge is 0.493 e. The van der Waals surface area contributed by atoms with E-state index in [0.29, 0.717) is 18.4 Å². The number of hydrogen-bond donors (Lipinski definition) is 1. The van der Waals surface area contributed by atoms with Crippen LogP contribution in [0.3, 0.4) is 0 Å². The zero-order valence-electron chi connectivity index (χ0n) is 13.7. The molecule has 0 radical (unpaired) electrons. The van der Waals surface area contributed by atoms with Crippen molar-refractivity contribution in [2.24, 2.45) is 0 Å². The molecular formula is C18H28O3. The second-order valence-electron chi connectivity index (χ2n) is 6.13. The van der Waals surface area contributed by atoms with Gasteiger partial charge >= 0.3 is 5.97 Å². The van der Waals surface area contributed by atoms with Crippen molar-refractivity contribution < 1.29 is 14.6 Å². The van der Waals surface area contributed by atoms with Gasteiger partial charge in [-0.25, -0.2) is 0 Å². The minimum absolute atomic E-state index is 0.250. The Labute approximate surface area is 128 Å². The van der Waals surface area contributed by atoms with Gasteiger partial charge in [0.2, 0.25) is 0 Å². The van der Waals surface area contributed by atoms with Crippen LogP contribution in [0.4, 0.5) is 0 Å². The molecule has 1 aromatic rings. The van der Waals surface area contributed by atoms with E-state index in [2.05, 4.69) is 45.9 Å². The lowest BCUT2D eigenvalue weighted by molar-refractivity contribution is -0.137. The summed E-state index contributed by atoms with van der Waals surface area (Å²) < 4.78 is 6.05. The van der Waals surface area contributed by atoms with Gasteiger partial charge in [0.05, 0.1) is 6.61 Å². The van der Waals surface area contributed by atoms with Gasteiger partial charge in [-0.2, -0.15) is 0 Å². The van der Waals surface area contributed by atoms with Crippen LogP contribution in [0.25, 0.3) is 0 Å². The third kappa shape index (κ3) is 5.78. The first kappa shape index (κ1) is 17.5. The lowest BCUT2D eigenvalue weighted by Gasteiger charge is -2.20. The van der Waals surface area contributed by atoms with Gasteiger partial charge in [-0.1, -0.05) is 45.9 Å². The number of hydrogen-bond acceptors (Lipinski definition) is 2. The van der Waals surface area contributed by atoms with E-state index in [1.807, 2.05) is 0 Å². The van der Waals surface area contributed by atoms with Crippen LogP contribution >= 0.6 is 0 Å². The highest BCUT2D eigenvalue weighted by atomic mass is 16.5. The van der Waals surface area contributed by atoms with Crippen molar-refractivity contribution in [2.45, 2.75) is 65.2 Å². The third-order valence-electron chi connectivity index (χ3n) is 3.60. The summed E-state index contributed by atoms with van der Waals surface area (Å²) in [5.41, 5.74) is 2.51. The van der Waals surface area contributed by atoms with Crippen molar-refractivity contribution in [1.29, 1.82) is 0 Å². The summed E-state index contributed by atoms with van der Waals surface area (Å²) in [5.74, 6) is 1.18. The van der Waals surface area contributed by atoms with E-state index >= 15 is 0 Å². The molecule has 0 bridgehead atoms. The SMILES string of the molecule is CC(C)c1cccc(C(C)C)c1OCCCCCC(=O)O. The van der Waals surface area contributed by atoms with Gasteiger partial charge in [0.1, 0.15) is 5.75 Å². The van der Waals surface area contributed by atoms with E-state index in [4.69, 9.17) is 9.84 Å². The number of unbranched alkanes of at least 4 members (excludes halogenated alkanes) is 2. The maximum absolute atomic E-state index is 10.5. The normalized spacial score (nSPS) is 11.1. The van der Waals surface area contributed by atoms with E-state index in [1.54, 1.807) is 0 Å². The highest BCUT2D eigenvalue weighted by Gasteiger charge is 2.14. The lowest BCUT2D eigenvalue weighted by atomic mass is 9.94. The van der Waals surface area contributed by atoms with Crippen molar-refractivity contribution in [3.8, 4) is 5.75 Å². The topological polar surface area (TPSA) is 46.5 Å². The summed E-state index contributed by atoms with van der Waals surface area (Å²) in [6, 6.07) is 6.37. The smallest absolute Gasteiger partial charge is 0.303 e. The fourth-order valence-corrected chi connectivity index (χ4v) is 2.38. The average molecular weight is 292 g/mol. The van der Waals surface area contributed by atoms with Crippen LogP contribution in [0.1, 0.15) is 76.3 Å². The first-order chi connectivity index (χ1) is 9.93. The van der Waals surface area contributed by atoms with Crippen molar-refractivity contribution in [3.05, 3.63) is 29.3 Å². The molecule has 21 heavy (non-hydrogen) atoms. The molecule has 0 aliphatic heterocycles. The summed E-state index contributed by atoms with van der Waals surface area (Å²) in [5, 5.41) is 8.61. The van der Waals surface area contributed by atoms with Gasteiger partial charge in [0.25, 0.3) is 0 Å². The van der Waals surface area contributed by atoms with Gasteiger partial charge < -0.3 is 9.84 Å². The standard InChI is InChI=1S/C18H28O3/c1-13(2)15-9-8-10-16(14(3)4)18(15)21-12-7-5-6-11-17(19)20/h8-10,13-14H,5-7,11-12H2,1-4H3,(H,19,20). The minimum atomic E-state index is -0.719. The van der Waals surface area contributed by atoms with E-state index in [1.165, 1.54) is 11.1 Å². The number of para-hydroxylation sites is 1. The Balaban J connectivity index is 2.62. The predicted octanol–water partition coefficient (Wildman–Crippen LogP) is 4.96. The Hall–Kier alpha value is -1.51. The molecule has 0 saturated heterocycles. The molecule has 0 aliphatic rings. The molecule has 3 nitrogen and oxygen atoms in total. The molecule has 0 fully saturated rings. The minimum Gasteiger partial charge on any atom is -0.493 e. The predicted molar refractivity (Wildman–Crippen MR) is 86.2 cm³/mol. The molecule has 1 aromatic carbocycles. The van der Waals surface area contributed by atoms with E-state index < -0.39 is 5.97 Å². The zero-order valence-corrected chi connectivity index (χ0v) is 13.7. The van der Waals surface area contributed by atoms with Crippen molar-refractivity contribution in [1.82, 2.24) is 0 Å². The van der Waals surface area contributed by atoms with Crippen molar-refractivity contribution >= 4 is 5.97 Å². The molecule has 0 atom stereocenters. The Morgan fingerprint density at radius 2 is 1.62 bits per heavy atom. The first-order valence-corrected chi connectivity index (χ1v) is 7.90. The molecule has 0 aromatic heterocycles. The van der Waals surface area contributed by atoms with Gasteiger partial charge in [0, 0.05) is 6.42 Å². The average Bonchev–Trinajstić information content (AvgIpc) is 2.41. The number of aliphatic carboxylic acids is 1. The monoisotopic (exact) mass is 292 g/mol. The van der Waals surface area contributed by atoms with Crippen LogP contribution in [-0.2, 0) is 4.79 Å². The fourth-order valence-electron chi connectivity index (χ4n) is 2.38. The Morgan fingerprint density at radius 1 is 1.05 bits per heavy atom. The number of carbonyl (C=O) groups is 1. The number of ether oxygens (including phenoxy) is 1. The molecule has 0 amide bonds. The number of rotatable bonds is 9. The molecule has 0 aliphatic carbocycles. The van der Waals surface area contributed by atoms with Crippen LogP contribution in [0.2, 0.25) is 0 Å². The highest BCUT2D eigenvalue weighted by molar-refractivity contribution is 5.66. The number of carboxylic acids is 1. The van der Waals surface area contributed by atoms with Crippen molar-refractivity contribution in [2.75, 3.05) is 6.61 Å². The molecule has 118 valence electrons. The van der Waals surface area contributed by atoms with Gasteiger partial charge in [-0.15, -0.1) is 0 Å². The molecule has 0 saturated carbocycles. The maximum Gasteiger partial charge on any atom is 0.303 e. The van der Waals surface area contributed by atoms with Crippen LogP contribution < -0.4 is 4.74 Å². The first-order valence-electron chi connectivity index (χ1n) is 7.90. The molecule has 0 spiro atoms. The second kappa shape index (κ2) is 8.71. The van der Waals surface area contributed by atoms with Crippen LogP contribution in [0, 0.1) is 0 Å². The molecule has 0 heterocycles. The Kier molecular flexibility index (Phi) is 7.27. The van der Waals surface area contributed by atoms with Crippen LogP contribution in [-0.4, -0.2) is 17.7 Å². The van der Waals surface area contributed by atoms with Crippen LogP contribution in [0.5, 0.6) is 5.75 Å². The summed E-state index contributed by atoms with van der Waals surface area (Å²) in [4.78, 5) is 10.5. The lowest BCUT2D eigenvalue weighted by Crippen LogP contribution is -2.06. The Bertz CT molecular complexity index is 424. The summed E-state index contributed by atoms with van der Waals surface area (Å²) in [6.45, 7) is 9.37. The second-order valence-corrected chi connectivity index (χ2v) is 6.13. The molecule has 0 unspecified atom stereocenters. The number of benzene rings is 1. The van der Waals surface area contributed by atoms with Gasteiger partial charge in [0.15, 0.2) is 0 Å². The number of carboxylic acid groups (broad SMARTS) is 1. The third-order valence-corrected chi connectivity index (χ3v) is 3.60.